The van der Waals surface area contributed by atoms with E-state index >= 15 is 0 Å². The molecule has 1 aromatic rings. The summed E-state index contributed by atoms with van der Waals surface area (Å²) in [5.41, 5.74) is 2.04. The number of hydrogen-bond acceptors (Lipinski definition) is 2. The van der Waals surface area contributed by atoms with E-state index in [2.05, 4.69) is 23.8 Å². The number of rotatable bonds is 6. The van der Waals surface area contributed by atoms with Gasteiger partial charge in [-0.15, -0.1) is 0 Å². The largest absolute Gasteiger partial charge is 0.386 e. The van der Waals surface area contributed by atoms with Gasteiger partial charge >= 0.3 is 0 Å². The molecule has 2 heteroatoms. The summed E-state index contributed by atoms with van der Waals surface area (Å²) in [7, 11) is 0. The van der Waals surface area contributed by atoms with Crippen LogP contribution in [0.5, 0.6) is 0 Å². The van der Waals surface area contributed by atoms with Crippen LogP contribution in [-0.4, -0.2) is 11.5 Å². The van der Waals surface area contributed by atoms with Gasteiger partial charge in [-0.2, -0.15) is 0 Å². The quantitative estimate of drug-likeness (QED) is 0.566. The van der Waals surface area contributed by atoms with Crippen LogP contribution in [0.1, 0.15) is 25.3 Å². The Balaban J connectivity index is 2.34. The van der Waals surface area contributed by atoms with Crippen molar-refractivity contribution in [3.63, 3.8) is 0 Å². The number of allylic oxidation sites excluding steroid dienone is 1. The van der Waals surface area contributed by atoms with E-state index in [1.165, 1.54) is 12.8 Å². The number of hydrogen-bond donors (Lipinski definition) is 1. The van der Waals surface area contributed by atoms with E-state index in [1.54, 1.807) is 6.20 Å². The Morgan fingerprint density at radius 3 is 3.13 bits per heavy atom. The van der Waals surface area contributed by atoms with Gasteiger partial charge in [-0.1, -0.05) is 32.1 Å². The molecule has 0 aliphatic rings. The minimum Gasteiger partial charge on any atom is -0.386 e. The molecular weight excluding hydrogens is 184 g/mol. The Morgan fingerprint density at radius 2 is 2.47 bits per heavy atom. The van der Waals surface area contributed by atoms with Gasteiger partial charge in [-0.05, 0) is 24.1 Å². The Kier molecular flexibility index (Phi) is 5.23. The fourth-order valence-electron chi connectivity index (χ4n) is 1.16. The molecule has 0 unspecified atom stereocenters. The van der Waals surface area contributed by atoms with E-state index in [0.717, 1.165) is 17.8 Å². The molecule has 0 fully saturated rings. The van der Waals surface area contributed by atoms with Crippen molar-refractivity contribution in [1.29, 1.82) is 0 Å². The number of nitrogens with one attached hydrogen (secondary N) is 1. The van der Waals surface area contributed by atoms with Gasteiger partial charge in [0, 0.05) is 24.6 Å². The van der Waals surface area contributed by atoms with Crippen LogP contribution < -0.4 is 5.32 Å². The van der Waals surface area contributed by atoms with Crippen molar-refractivity contribution in [2.24, 2.45) is 0 Å². The third kappa shape index (κ3) is 5.01. The highest BCUT2D eigenvalue weighted by atomic mass is 14.9. The van der Waals surface area contributed by atoms with Crippen LogP contribution >= 0.6 is 0 Å². The smallest absolute Gasteiger partial charge is 0.0340 e. The third-order valence-electron chi connectivity index (χ3n) is 2.04. The van der Waals surface area contributed by atoms with E-state index in [9.17, 15) is 0 Å². The first-order valence-electron chi connectivity index (χ1n) is 5.34. The Labute approximate surface area is 91.7 Å². The number of unbranched alkanes of at least 4 members (excludes halogenated alkanes) is 1. The van der Waals surface area contributed by atoms with Crippen molar-refractivity contribution >= 4 is 6.08 Å². The van der Waals surface area contributed by atoms with Gasteiger partial charge in [0.15, 0.2) is 0 Å². The maximum absolute atomic E-state index is 4.04. The standard InChI is InChI=1S/C13H18N2/c1-3-4-10-15-12(2)7-8-13-6-5-9-14-11-13/h5-9,11,15H,2-4,10H2,1H3/b8-7+. The summed E-state index contributed by atoms with van der Waals surface area (Å²) in [6.07, 6.45) is 9.97. The van der Waals surface area contributed by atoms with Crippen molar-refractivity contribution in [1.82, 2.24) is 10.3 Å². The molecule has 0 aliphatic heterocycles. The zero-order valence-electron chi connectivity index (χ0n) is 9.24. The predicted molar refractivity (Wildman–Crippen MR) is 65.3 cm³/mol. The van der Waals surface area contributed by atoms with Gasteiger partial charge in [0.25, 0.3) is 0 Å². The average molecular weight is 202 g/mol. The molecule has 0 saturated heterocycles. The van der Waals surface area contributed by atoms with Crippen molar-refractivity contribution in [3.8, 4) is 0 Å². The molecule has 0 amide bonds. The number of pyridine rings is 1. The van der Waals surface area contributed by atoms with E-state index in [4.69, 9.17) is 0 Å². The number of aromatic nitrogens is 1. The Morgan fingerprint density at radius 1 is 1.60 bits per heavy atom. The molecule has 80 valence electrons. The lowest BCUT2D eigenvalue weighted by Crippen LogP contribution is -2.11. The second-order valence-electron chi connectivity index (χ2n) is 3.43. The maximum Gasteiger partial charge on any atom is 0.0340 e. The highest BCUT2D eigenvalue weighted by molar-refractivity contribution is 5.50. The molecular formula is C13H18N2. The zero-order chi connectivity index (χ0) is 10.9. The van der Waals surface area contributed by atoms with Gasteiger partial charge in [-0.3, -0.25) is 4.98 Å². The second kappa shape index (κ2) is 6.82. The molecule has 0 saturated carbocycles. The summed E-state index contributed by atoms with van der Waals surface area (Å²) in [4.78, 5) is 4.04. The molecule has 0 atom stereocenters. The first-order valence-corrected chi connectivity index (χ1v) is 5.34. The predicted octanol–water partition coefficient (Wildman–Crippen LogP) is 3.00. The highest BCUT2D eigenvalue weighted by Gasteiger charge is 1.87. The van der Waals surface area contributed by atoms with Crippen molar-refractivity contribution < 1.29 is 0 Å². The summed E-state index contributed by atoms with van der Waals surface area (Å²) >= 11 is 0. The Bertz CT molecular complexity index is 315. The van der Waals surface area contributed by atoms with Gasteiger partial charge < -0.3 is 5.32 Å². The monoisotopic (exact) mass is 202 g/mol. The van der Waals surface area contributed by atoms with Crippen LogP contribution in [0.3, 0.4) is 0 Å². The molecule has 1 rings (SSSR count). The Hall–Kier alpha value is -1.57. The second-order valence-corrected chi connectivity index (χ2v) is 3.43. The summed E-state index contributed by atoms with van der Waals surface area (Å²) in [5, 5.41) is 3.25. The molecule has 0 spiro atoms. The van der Waals surface area contributed by atoms with Gasteiger partial charge in [0.2, 0.25) is 0 Å². The van der Waals surface area contributed by atoms with E-state index in [1.807, 2.05) is 30.5 Å². The van der Waals surface area contributed by atoms with Gasteiger partial charge in [0.1, 0.15) is 0 Å². The lowest BCUT2D eigenvalue weighted by Gasteiger charge is -2.03. The summed E-state index contributed by atoms with van der Waals surface area (Å²) in [6, 6.07) is 3.94. The van der Waals surface area contributed by atoms with Crippen LogP contribution in [0.2, 0.25) is 0 Å². The number of nitrogens with zero attached hydrogens (tertiary/aromatic N) is 1. The molecule has 15 heavy (non-hydrogen) atoms. The zero-order valence-corrected chi connectivity index (χ0v) is 9.24. The molecule has 1 heterocycles. The SMILES string of the molecule is C=C(/C=C/c1cccnc1)NCCCC. The van der Waals surface area contributed by atoms with Crippen LogP contribution in [0, 0.1) is 0 Å². The van der Waals surface area contributed by atoms with Crippen molar-refractivity contribution in [3.05, 3.63) is 48.4 Å². The summed E-state index contributed by atoms with van der Waals surface area (Å²) < 4.78 is 0. The third-order valence-corrected chi connectivity index (χ3v) is 2.04. The molecule has 1 aromatic heterocycles. The van der Waals surface area contributed by atoms with Crippen molar-refractivity contribution in [2.45, 2.75) is 19.8 Å². The molecule has 0 aliphatic carbocycles. The van der Waals surface area contributed by atoms with Crippen LogP contribution in [0.15, 0.2) is 42.9 Å². The highest BCUT2D eigenvalue weighted by Crippen LogP contribution is 2.00. The van der Waals surface area contributed by atoms with E-state index < -0.39 is 0 Å². The normalized spacial score (nSPS) is 10.5. The van der Waals surface area contributed by atoms with Crippen molar-refractivity contribution in [2.75, 3.05) is 6.54 Å². The minimum absolute atomic E-state index is 0.951. The molecule has 0 bridgehead atoms. The lowest BCUT2D eigenvalue weighted by atomic mass is 10.2. The fourth-order valence-corrected chi connectivity index (χ4v) is 1.16. The maximum atomic E-state index is 4.04. The summed E-state index contributed by atoms with van der Waals surface area (Å²) in [6.45, 7) is 7.09. The van der Waals surface area contributed by atoms with Gasteiger partial charge in [-0.25, -0.2) is 0 Å². The van der Waals surface area contributed by atoms with Gasteiger partial charge in [0.05, 0.1) is 0 Å². The first-order chi connectivity index (χ1) is 7.33. The summed E-state index contributed by atoms with van der Waals surface area (Å²) in [5.74, 6) is 0. The molecule has 2 nitrogen and oxygen atoms in total. The van der Waals surface area contributed by atoms with E-state index in [-0.39, 0.29) is 0 Å². The molecule has 0 radical (unpaired) electrons. The van der Waals surface area contributed by atoms with E-state index in [0.29, 0.717) is 0 Å². The topological polar surface area (TPSA) is 24.9 Å². The molecule has 0 aromatic carbocycles. The van der Waals surface area contributed by atoms with Crippen LogP contribution in [-0.2, 0) is 0 Å². The first kappa shape index (κ1) is 11.5. The minimum atomic E-state index is 0.951. The van der Waals surface area contributed by atoms with Crippen LogP contribution in [0.25, 0.3) is 6.08 Å². The van der Waals surface area contributed by atoms with Crippen LogP contribution in [0.4, 0.5) is 0 Å². The average Bonchev–Trinajstić information content (AvgIpc) is 2.28. The molecule has 1 N–H and O–H groups in total. The lowest BCUT2D eigenvalue weighted by molar-refractivity contribution is 0.721. The fraction of sp³-hybridized carbons (Fsp3) is 0.308.